The Morgan fingerprint density at radius 1 is 1.15 bits per heavy atom. The summed E-state index contributed by atoms with van der Waals surface area (Å²) >= 11 is 0. The molecule has 0 radical (unpaired) electrons. The molecule has 0 aliphatic carbocycles. The van der Waals surface area contributed by atoms with E-state index in [-0.39, 0.29) is 11.9 Å². The van der Waals surface area contributed by atoms with Gasteiger partial charge < -0.3 is 15.4 Å². The summed E-state index contributed by atoms with van der Waals surface area (Å²) in [5.41, 5.74) is 0.294. The predicted octanol–water partition coefficient (Wildman–Crippen LogP) is 2.40. The maximum absolute atomic E-state index is 12.6. The zero-order valence-corrected chi connectivity index (χ0v) is 17.0. The summed E-state index contributed by atoms with van der Waals surface area (Å²) in [6.45, 7) is 7.17. The molecule has 0 spiro atoms. The average Bonchev–Trinajstić information content (AvgIpc) is 2.51. The third kappa shape index (κ3) is 9.56. The van der Waals surface area contributed by atoms with Crippen molar-refractivity contribution < 1.29 is 18.5 Å². The Kier molecular flexibility index (Phi) is 8.78. The molecule has 1 rings (SSSR count). The SMILES string of the molecule is C[C@@H](CC[S@@](C)=O)NC(=O)[C@H](Cc1ccccc1)NC(=O)OC(C)(C)C. The summed E-state index contributed by atoms with van der Waals surface area (Å²) in [4.78, 5) is 24.8. The maximum atomic E-state index is 12.6. The highest BCUT2D eigenvalue weighted by Crippen LogP contribution is 2.09. The van der Waals surface area contributed by atoms with Crippen LogP contribution in [-0.2, 0) is 26.8 Å². The van der Waals surface area contributed by atoms with Gasteiger partial charge in [-0.2, -0.15) is 0 Å². The summed E-state index contributed by atoms with van der Waals surface area (Å²) in [6.07, 6.45) is 1.98. The highest BCUT2D eigenvalue weighted by molar-refractivity contribution is 7.84. The number of amides is 2. The molecule has 0 bridgehead atoms. The molecule has 0 aliphatic rings. The third-order valence-electron chi connectivity index (χ3n) is 3.52. The Labute approximate surface area is 158 Å². The van der Waals surface area contributed by atoms with Gasteiger partial charge in [0.15, 0.2) is 0 Å². The van der Waals surface area contributed by atoms with Crippen molar-refractivity contribution in [3.05, 3.63) is 35.9 Å². The molecule has 26 heavy (non-hydrogen) atoms. The van der Waals surface area contributed by atoms with E-state index in [2.05, 4.69) is 10.6 Å². The molecule has 146 valence electrons. The fourth-order valence-corrected chi connectivity index (χ4v) is 2.95. The van der Waals surface area contributed by atoms with Crippen LogP contribution < -0.4 is 10.6 Å². The molecule has 0 aliphatic heterocycles. The standard InChI is InChI=1S/C19H30N2O4S/c1-14(11-12-26(5)24)20-17(22)16(13-15-9-7-6-8-10-15)21-18(23)25-19(2,3)4/h6-10,14,16H,11-13H2,1-5H3,(H,20,22)(H,21,23)/t14-,16-,26+/m0/s1. The molecule has 0 saturated heterocycles. The lowest BCUT2D eigenvalue weighted by Gasteiger charge is -2.24. The van der Waals surface area contributed by atoms with E-state index in [1.807, 2.05) is 37.3 Å². The van der Waals surface area contributed by atoms with Crippen LogP contribution in [0.5, 0.6) is 0 Å². The summed E-state index contributed by atoms with van der Waals surface area (Å²) in [6, 6.07) is 8.59. The second-order valence-electron chi connectivity index (χ2n) is 7.36. The van der Waals surface area contributed by atoms with E-state index < -0.39 is 28.5 Å². The van der Waals surface area contributed by atoms with E-state index in [0.29, 0.717) is 18.6 Å². The largest absolute Gasteiger partial charge is 0.444 e. The summed E-state index contributed by atoms with van der Waals surface area (Å²) in [7, 11) is -0.905. The number of carbonyl (C=O) groups excluding carboxylic acids is 2. The van der Waals surface area contributed by atoms with Crippen LogP contribution in [0.15, 0.2) is 30.3 Å². The average molecular weight is 383 g/mol. The molecule has 6 nitrogen and oxygen atoms in total. The lowest BCUT2D eigenvalue weighted by Crippen LogP contribution is -2.51. The first-order valence-electron chi connectivity index (χ1n) is 8.70. The minimum absolute atomic E-state index is 0.134. The van der Waals surface area contributed by atoms with Crippen LogP contribution >= 0.6 is 0 Å². The number of rotatable bonds is 8. The zero-order chi connectivity index (χ0) is 19.7. The first kappa shape index (κ1) is 22.2. The van der Waals surface area contributed by atoms with Crippen molar-refractivity contribution in [3.63, 3.8) is 0 Å². The van der Waals surface area contributed by atoms with E-state index in [1.165, 1.54) is 0 Å². The van der Waals surface area contributed by atoms with Crippen molar-refractivity contribution >= 4 is 22.8 Å². The minimum atomic E-state index is -0.905. The molecule has 1 aromatic carbocycles. The quantitative estimate of drug-likeness (QED) is 0.723. The van der Waals surface area contributed by atoms with Crippen LogP contribution in [0.4, 0.5) is 4.79 Å². The molecule has 0 aromatic heterocycles. The van der Waals surface area contributed by atoms with Crippen molar-refractivity contribution in [1.82, 2.24) is 10.6 Å². The third-order valence-corrected chi connectivity index (χ3v) is 4.33. The second-order valence-corrected chi connectivity index (χ2v) is 8.92. The van der Waals surface area contributed by atoms with Crippen LogP contribution in [0, 0.1) is 0 Å². The van der Waals surface area contributed by atoms with Crippen molar-refractivity contribution in [1.29, 1.82) is 0 Å². The maximum Gasteiger partial charge on any atom is 0.408 e. The molecule has 0 unspecified atom stereocenters. The molecule has 7 heteroatoms. The molecule has 0 heterocycles. The zero-order valence-electron chi connectivity index (χ0n) is 16.2. The van der Waals surface area contributed by atoms with Gasteiger partial charge in [0.1, 0.15) is 11.6 Å². The molecule has 1 aromatic rings. The Morgan fingerprint density at radius 3 is 2.31 bits per heavy atom. The van der Waals surface area contributed by atoms with Gasteiger partial charge in [-0.15, -0.1) is 0 Å². The molecule has 2 N–H and O–H groups in total. The Morgan fingerprint density at radius 2 is 1.77 bits per heavy atom. The monoisotopic (exact) mass is 382 g/mol. The molecular formula is C19H30N2O4S. The lowest BCUT2D eigenvalue weighted by atomic mass is 10.0. The Hall–Kier alpha value is -1.89. The van der Waals surface area contributed by atoms with Gasteiger partial charge in [0, 0.05) is 35.3 Å². The number of benzene rings is 1. The van der Waals surface area contributed by atoms with Gasteiger partial charge in [-0.05, 0) is 39.7 Å². The summed E-state index contributed by atoms with van der Waals surface area (Å²) in [5, 5.41) is 5.54. The van der Waals surface area contributed by atoms with Gasteiger partial charge in [0.2, 0.25) is 5.91 Å². The van der Waals surface area contributed by atoms with Crippen LogP contribution in [0.3, 0.4) is 0 Å². The van der Waals surface area contributed by atoms with E-state index >= 15 is 0 Å². The van der Waals surface area contributed by atoms with Gasteiger partial charge >= 0.3 is 6.09 Å². The van der Waals surface area contributed by atoms with Crippen molar-refractivity contribution in [2.75, 3.05) is 12.0 Å². The fourth-order valence-electron chi connectivity index (χ4n) is 2.27. The lowest BCUT2D eigenvalue weighted by molar-refractivity contribution is -0.123. The van der Waals surface area contributed by atoms with E-state index in [1.54, 1.807) is 27.0 Å². The molecular weight excluding hydrogens is 352 g/mol. The van der Waals surface area contributed by atoms with Crippen LogP contribution in [0.2, 0.25) is 0 Å². The number of nitrogens with one attached hydrogen (secondary N) is 2. The predicted molar refractivity (Wildman–Crippen MR) is 104 cm³/mol. The number of hydrogen-bond acceptors (Lipinski definition) is 4. The summed E-state index contributed by atoms with van der Waals surface area (Å²) < 4.78 is 16.5. The Bertz CT molecular complexity index is 614. The first-order valence-corrected chi connectivity index (χ1v) is 10.4. The van der Waals surface area contributed by atoms with Crippen LogP contribution in [-0.4, -0.2) is 45.9 Å². The topological polar surface area (TPSA) is 84.5 Å². The van der Waals surface area contributed by atoms with Gasteiger partial charge in [-0.25, -0.2) is 4.79 Å². The van der Waals surface area contributed by atoms with Crippen molar-refractivity contribution in [3.8, 4) is 0 Å². The normalized spacial score (nSPS) is 14.8. The van der Waals surface area contributed by atoms with Gasteiger partial charge in [-0.1, -0.05) is 30.3 Å². The highest BCUT2D eigenvalue weighted by Gasteiger charge is 2.25. The molecule has 0 fully saturated rings. The van der Waals surface area contributed by atoms with Crippen molar-refractivity contribution in [2.45, 2.75) is 58.2 Å². The fraction of sp³-hybridized carbons (Fsp3) is 0.579. The van der Waals surface area contributed by atoms with E-state index in [0.717, 1.165) is 5.56 Å². The van der Waals surface area contributed by atoms with E-state index in [4.69, 9.17) is 4.74 Å². The number of alkyl carbamates (subject to hydrolysis) is 1. The molecule has 0 saturated carbocycles. The number of hydrogen-bond donors (Lipinski definition) is 2. The van der Waals surface area contributed by atoms with Gasteiger partial charge in [0.25, 0.3) is 0 Å². The van der Waals surface area contributed by atoms with Crippen molar-refractivity contribution in [2.24, 2.45) is 0 Å². The van der Waals surface area contributed by atoms with Crippen LogP contribution in [0.25, 0.3) is 0 Å². The van der Waals surface area contributed by atoms with Gasteiger partial charge in [0.05, 0.1) is 0 Å². The smallest absolute Gasteiger partial charge is 0.408 e. The number of carbonyl (C=O) groups is 2. The minimum Gasteiger partial charge on any atom is -0.444 e. The number of ether oxygens (including phenoxy) is 1. The van der Waals surface area contributed by atoms with E-state index in [9.17, 15) is 13.8 Å². The van der Waals surface area contributed by atoms with Crippen LogP contribution in [0.1, 0.15) is 39.7 Å². The second kappa shape index (κ2) is 10.3. The molecule has 3 atom stereocenters. The Balaban J connectivity index is 2.77. The highest BCUT2D eigenvalue weighted by atomic mass is 32.2. The molecule has 2 amide bonds. The first-order chi connectivity index (χ1) is 12.1. The van der Waals surface area contributed by atoms with Gasteiger partial charge in [-0.3, -0.25) is 9.00 Å². The summed E-state index contributed by atoms with van der Waals surface area (Å²) in [5.74, 6) is 0.235.